The monoisotopic (exact) mass is 669 g/mol. The van der Waals surface area contributed by atoms with Crippen molar-refractivity contribution in [2.45, 2.75) is 50.1 Å². The second-order valence-electron chi connectivity index (χ2n) is 11.0. The predicted octanol–water partition coefficient (Wildman–Crippen LogP) is 6.40. The largest absolute Gasteiger partial charge is 0.416 e. The van der Waals surface area contributed by atoms with E-state index in [1.807, 2.05) is 29.2 Å². The molecule has 0 aliphatic rings. The summed E-state index contributed by atoms with van der Waals surface area (Å²) in [5.41, 5.74) is 8.21. The first-order valence-electron chi connectivity index (χ1n) is 15.4. The highest BCUT2D eigenvalue weighted by Gasteiger charge is 2.30. The second-order valence-corrected chi connectivity index (χ2v) is 12.0. The van der Waals surface area contributed by atoms with Crippen LogP contribution in [0.25, 0.3) is 11.1 Å². The molecular formula is C35H39F4N5O2S. The Bertz CT molecular complexity index is 1640. The standard InChI is InChI=1S/C35H39F4N5O2S/c1-3-42(4-2)19-20-43(21-25-5-9-27(10-6-25)28-11-13-30(14-12-28)35(37,38)39)32(23-45)44-22-29(17-18-40)33(46)41-34(44)47-24-26-7-15-31(36)16-8-26/h5-16,22-23,32H,3-4,17-21,24,40H2,1-2H3. The fourth-order valence-electron chi connectivity index (χ4n) is 5.18. The zero-order valence-electron chi connectivity index (χ0n) is 26.4. The first kappa shape index (κ1) is 36.0. The molecule has 2 N–H and O–H groups in total. The molecule has 1 unspecified atom stereocenters. The van der Waals surface area contributed by atoms with E-state index in [0.29, 0.717) is 48.1 Å². The maximum atomic E-state index is 13.5. The predicted molar refractivity (Wildman–Crippen MR) is 177 cm³/mol. The van der Waals surface area contributed by atoms with E-state index in [1.165, 1.54) is 36.0 Å². The normalized spacial score (nSPS) is 12.5. The average molecular weight is 670 g/mol. The Morgan fingerprint density at radius 1 is 0.915 bits per heavy atom. The molecule has 4 aromatic rings. The molecule has 4 rings (SSSR count). The lowest BCUT2D eigenvalue weighted by Gasteiger charge is -2.33. The van der Waals surface area contributed by atoms with Gasteiger partial charge in [0.1, 0.15) is 12.0 Å². The molecule has 1 heterocycles. The van der Waals surface area contributed by atoms with Crippen LogP contribution in [0.2, 0.25) is 0 Å². The number of halogens is 4. The summed E-state index contributed by atoms with van der Waals surface area (Å²) in [5, 5.41) is 0.350. The zero-order valence-corrected chi connectivity index (χ0v) is 27.2. The molecule has 12 heteroatoms. The number of nitrogens with two attached hydrogens (primary N) is 1. The first-order valence-corrected chi connectivity index (χ1v) is 16.4. The van der Waals surface area contributed by atoms with Gasteiger partial charge in [-0.25, -0.2) is 4.39 Å². The summed E-state index contributed by atoms with van der Waals surface area (Å²) in [7, 11) is 0. The molecule has 0 aliphatic heterocycles. The molecule has 1 aromatic heterocycles. The van der Waals surface area contributed by atoms with Gasteiger partial charge < -0.3 is 15.2 Å². The molecule has 0 aliphatic carbocycles. The van der Waals surface area contributed by atoms with E-state index in [1.54, 1.807) is 22.9 Å². The van der Waals surface area contributed by atoms with Crippen molar-refractivity contribution >= 4 is 18.0 Å². The van der Waals surface area contributed by atoms with Crippen molar-refractivity contribution in [1.29, 1.82) is 0 Å². The van der Waals surface area contributed by atoms with E-state index in [2.05, 4.69) is 23.7 Å². The van der Waals surface area contributed by atoms with E-state index in [-0.39, 0.29) is 12.4 Å². The van der Waals surface area contributed by atoms with Crippen LogP contribution >= 0.6 is 11.8 Å². The van der Waals surface area contributed by atoms with Gasteiger partial charge in [-0.3, -0.25) is 14.5 Å². The number of aromatic nitrogens is 2. The van der Waals surface area contributed by atoms with Gasteiger partial charge >= 0.3 is 6.18 Å². The first-order chi connectivity index (χ1) is 22.6. The molecule has 0 radical (unpaired) electrons. The van der Waals surface area contributed by atoms with Crippen molar-refractivity contribution in [2.75, 3.05) is 32.7 Å². The number of carbonyl (C=O) groups is 1. The minimum Gasteiger partial charge on any atom is -0.330 e. The van der Waals surface area contributed by atoms with E-state index < -0.39 is 23.5 Å². The van der Waals surface area contributed by atoms with Crippen molar-refractivity contribution in [2.24, 2.45) is 5.73 Å². The molecule has 0 saturated heterocycles. The van der Waals surface area contributed by atoms with Gasteiger partial charge in [-0.1, -0.05) is 74.1 Å². The lowest BCUT2D eigenvalue weighted by atomic mass is 10.0. The van der Waals surface area contributed by atoms with Crippen LogP contribution in [0.1, 0.15) is 42.3 Å². The Balaban J connectivity index is 1.66. The fourth-order valence-corrected chi connectivity index (χ4v) is 6.12. The highest BCUT2D eigenvalue weighted by atomic mass is 32.2. The van der Waals surface area contributed by atoms with Crippen LogP contribution in [0.4, 0.5) is 17.6 Å². The van der Waals surface area contributed by atoms with Gasteiger partial charge in [0.25, 0.3) is 5.56 Å². The van der Waals surface area contributed by atoms with Crippen molar-refractivity contribution in [1.82, 2.24) is 19.4 Å². The lowest BCUT2D eigenvalue weighted by Crippen LogP contribution is -2.40. The molecule has 0 bridgehead atoms. The van der Waals surface area contributed by atoms with Crippen LogP contribution < -0.4 is 11.3 Å². The Kier molecular flexibility index (Phi) is 12.9. The molecule has 0 amide bonds. The number of hydrogen-bond acceptors (Lipinski definition) is 7. The minimum absolute atomic E-state index is 0.238. The van der Waals surface area contributed by atoms with Gasteiger partial charge in [0.15, 0.2) is 11.4 Å². The smallest absolute Gasteiger partial charge is 0.330 e. The summed E-state index contributed by atoms with van der Waals surface area (Å²) >= 11 is 1.28. The topological polar surface area (TPSA) is 84.5 Å². The molecule has 0 saturated carbocycles. The maximum absolute atomic E-state index is 13.5. The van der Waals surface area contributed by atoms with Crippen LogP contribution in [0.15, 0.2) is 88.9 Å². The third-order valence-corrected chi connectivity index (χ3v) is 8.98. The van der Waals surface area contributed by atoms with Crippen molar-refractivity contribution in [3.63, 3.8) is 0 Å². The molecule has 0 spiro atoms. The summed E-state index contributed by atoms with van der Waals surface area (Å²) in [6, 6.07) is 18.6. The molecule has 0 fully saturated rings. The minimum atomic E-state index is -4.40. The summed E-state index contributed by atoms with van der Waals surface area (Å²) in [4.78, 5) is 34.5. The zero-order chi connectivity index (χ0) is 34.0. The van der Waals surface area contributed by atoms with Crippen LogP contribution in [-0.2, 0) is 29.7 Å². The Hall–Kier alpha value is -3.84. The summed E-state index contributed by atoms with van der Waals surface area (Å²) in [5.74, 6) is 0.0523. The third kappa shape index (κ3) is 9.83. The molecule has 1 atom stereocenters. The van der Waals surface area contributed by atoms with Gasteiger partial charge in [-0.2, -0.15) is 18.2 Å². The van der Waals surface area contributed by atoms with Gasteiger partial charge in [-0.15, -0.1) is 0 Å². The number of benzene rings is 3. The number of thioether (sulfide) groups is 1. The third-order valence-electron chi connectivity index (χ3n) is 7.95. The molecular weight excluding hydrogens is 630 g/mol. The second kappa shape index (κ2) is 16.8. The van der Waals surface area contributed by atoms with Gasteiger partial charge in [0, 0.05) is 37.1 Å². The van der Waals surface area contributed by atoms with Gasteiger partial charge in [-0.05, 0) is 72.6 Å². The fraction of sp³-hybridized carbons (Fsp3) is 0.343. The Labute approximate surface area is 276 Å². The highest BCUT2D eigenvalue weighted by Crippen LogP contribution is 2.31. The van der Waals surface area contributed by atoms with Crippen LogP contribution in [0.3, 0.4) is 0 Å². The number of hydrogen-bond donors (Lipinski definition) is 1. The summed E-state index contributed by atoms with van der Waals surface area (Å²) < 4.78 is 54.3. The number of aldehydes is 1. The van der Waals surface area contributed by atoms with E-state index >= 15 is 0 Å². The Morgan fingerprint density at radius 2 is 1.51 bits per heavy atom. The molecule has 7 nitrogen and oxygen atoms in total. The number of alkyl halides is 3. The number of nitrogens with zero attached hydrogens (tertiary/aromatic N) is 4. The Morgan fingerprint density at radius 3 is 2.06 bits per heavy atom. The SMILES string of the molecule is CCN(CC)CCN(Cc1ccc(-c2ccc(C(F)(F)F)cc2)cc1)C(C=O)n1cc(CCN)c(=O)nc1SCc1ccc(F)cc1. The van der Waals surface area contributed by atoms with Gasteiger partial charge in [0.2, 0.25) is 0 Å². The van der Waals surface area contributed by atoms with Crippen LogP contribution in [-0.4, -0.2) is 58.4 Å². The molecule has 250 valence electrons. The maximum Gasteiger partial charge on any atom is 0.416 e. The van der Waals surface area contributed by atoms with Crippen molar-refractivity contribution < 1.29 is 22.4 Å². The van der Waals surface area contributed by atoms with Crippen molar-refractivity contribution in [3.05, 3.63) is 117 Å². The van der Waals surface area contributed by atoms with Crippen LogP contribution in [0.5, 0.6) is 0 Å². The quantitative estimate of drug-likeness (QED) is 0.0640. The van der Waals surface area contributed by atoms with Gasteiger partial charge in [0.05, 0.1) is 5.56 Å². The number of carbonyl (C=O) groups excluding carboxylic acids is 1. The summed E-state index contributed by atoms with van der Waals surface area (Å²) in [6.07, 6.45) is -2.44. The highest BCUT2D eigenvalue weighted by molar-refractivity contribution is 7.98. The molecule has 47 heavy (non-hydrogen) atoms. The van der Waals surface area contributed by atoms with E-state index in [9.17, 15) is 27.2 Å². The number of rotatable bonds is 16. The van der Waals surface area contributed by atoms with E-state index in [0.717, 1.165) is 48.2 Å². The average Bonchev–Trinajstić information content (AvgIpc) is 3.06. The van der Waals surface area contributed by atoms with Crippen molar-refractivity contribution in [3.8, 4) is 11.1 Å². The lowest BCUT2D eigenvalue weighted by molar-refractivity contribution is -0.137. The molecule has 3 aromatic carbocycles. The van der Waals surface area contributed by atoms with Crippen LogP contribution in [0, 0.1) is 5.82 Å². The van der Waals surface area contributed by atoms with E-state index in [4.69, 9.17) is 5.73 Å². The summed E-state index contributed by atoms with van der Waals surface area (Å²) in [6.45, 7) is 7.61. The number of likely N-dealkylation sites (N-methyl/N-ethyl adjacent to an activating group) is 1.